The minimum absolute atomic E-state index is 0.00565. The Balaban J connectivity index is 2.40. The summed E-state index contributed by atoms with van der Waals surface area (Å²) in [6.45, 7) is 6.24. The molecular formula is C13H17NO3. The summed E-state index contributed by atoms with van der Waals surface area (Å²) >= 11 is 0. The van der Waals surface area contributed by atoms with Gasteiger partial charge in [0.15, 0.2) is 0 Å². The third-order valence-electron chi connectivity index (χ3n) is 3.03. The number of rotatable bonds is 2. The molecule has 2 rings (SSSR count). The Kier molecular flexibility index (Phi) is 2.96. The van der Waals surface area contributed by atoms with Crippen LogP contribution in [0.25, 0.3) is 0 Å². The Morgan fingerprint density at radius 3 is 2.94 bits per heavy atom. The first-order chi connectivity index (χ1) is 7.99. The molecule has 1 aliphatic rings. The predicted octanol–water partition coefficient (Wildman–Crippen LogP) is 2.06. The maximum atomic E-state index is 11.1. The molecule has 4 nitrogen and oxygen atoms in total. The Hall–Kier alpha value is -1.71. The van der Waals surface area contributed by atoms with Crippen LogP contribution < -0.4 is 9.64 Å². The van der Waals surface area contributed by atoms with Crippen molar-refractivity contribution >= 4 is 11.7 Å². The molecule has 0 amide bonds. The summed E-state index contributed by atoms with van der Waals surface area (Å²) in [5.41, 5.74) is 1.98. The molecule has 1 aromatic carbocycles. The summed E-state index contributed by atoms with van der Waals surface area (Å²) in [4.78, 5) is 13.0. The molecule has 0 saturated carbocycles. The molecule has 2 unspecified atom stereocenters. The van der Waals surface area contributed by atoms with E-state index in [1.165, 1.54) is 0 Å². The predicted molar refractivity (Wildman–Crippen MR) is 65.7 cm³/mol. The number of ether oxygens (including phenoxy) is 1. The quantitative estimate of drug-likeness (QED) is 0.852. The summed E-state index contributed by atoms with van der Waals surface area (Å²) in [6.07, 6.45) is 0.00565. The second kappa shape index (κ2) is 4.28. The third kappa shape index (κ3) is 2.20. The second-order valence-electron chi connectivity index (χ2n) is 4.57. The molecule has 0 radical (unpaired) electrons. The number of hydrogen-bond donors (Lipinski definition) is 1. The molecule has 1 aromatic rings. The van der Waals surface area contributed by atoms with Gasteiger partial charge in [-0.25, -0.2) is 4.79 Å². The lowest BCUT2D eigenvalue weighted by molar-refractivity contribution is -0.138. The van der Waals surface area contributed by atoms with Gasteiger partial charge in [-0.3, -0.25) is 0 Å². The third-order valence-corrected chi connectivity index (χ3v) is 3.03. The van der Waals surface area contributed by atoms with Gasteiger partial charge < -0.3 is 14.7 Å². The molecule has 0 spiro atoms. The topological polar surface area (TPSA) is 49.8 Å². The van der Waals surface area contributed by atoms with Gasteiger partial charge in [0.05, 0.1) is 12.2 Å². The van der Waals surface area contributed by atoms with E-state index in [1.807, 2.05) is 36.9 Å². The van der Waals surface area contributed by atoms with E-state index in [2.05, 4.69) is 0 Å². The highest BCUT2D eigenvalue weighted by Gasteiger charge is 2.29. The Bertz CT molecular complexity index is 444. The van der Waals surface area contributed by atoms with Crippen molar-refractivity contribution in [3.63, 3.8) is 0 Å². The molecule has 92 valence electrons. The van der Waals surface area contributed by atoms with Gasteiger partial charge in [0.1, 0.15) is 17.9 Å². The molecule has 17 heavy (non-hydrogen) atoms. The highest BCUT2D eigenvalue weighted by atomic mass is 16.5. The van der Waals surface area contributed by atoms with Crippen LogP contribution in [0.3, 0.4) is 0 Å². The van der Waals surface area contributed by atoms with Crippen LogP contribution in [0.15, 0.2) is 18.2 Å². The minimum atomic E-state index is -0.814. The molecule has 1 aliphatic heterocycles. The van der Waals surface area contributed by atoms with Gasteiger partial charge >= 0.3 is 5.97 Å². The second-order valence-corrected chi connectivity index (χ2v) is 4.57. The summed E-state index contributed by atoms with van der Waals surface area (Å²) < 4.78 is 5.74. The number of fused-ring (bicyclic) bond motifs is 1. The van der Waals surface area contributed by atoms with E-state index in [4.69, 9.17) is 9.84 Å². The van der Waals surface area contributed by atoms with E-state index in [1.54, 1.807) is 6.92 Å². The molecule has 0 fully saturated rings. The first kappa shape index (κ1) is 11.8. The molecule has 1 N–H and O–H groups in total. The zero-order chi connectivity index (χ0) is 12.6. The van der Waals surface area contributed by atoms with Crippen molar-refractivity contribution in [3.8, 4) is 5.75 Å². The van der Waals surface area contributed by atoms with Crippen molar-refractivity contribution in [2.24, 2.45) is 0 Å². The number of aliphatic carboxylic acids is 1. The lowest BCUT2D eigenvalue weighted by Gasteiger charge is -2.37. The molecule has 2 atom stereocenters. The smallest absolute Gasteiger partial charge is 0.326 e. The normalized spacial score (nSPS) is 20.4. The van der Waals surface area contributed by atoms with Gasteiger partial charge in [-0.05, 0) is 38.5 Å². The van der Waals surface area contributed by atoms with Crippen LogP contribution in [-0.2, 0) is 4.79 Å². The van der Waals surface area contributed by atoms with Crippen molar-refractivity contribution in [1.29, 1.82) is 0 Å². The zero-order valence-corrected chi connectivity index (χ0v) is 10.3. The van der Waals surface area contributed by atoms with Crippen molar-refractivity contribution in [2.75, 3.05) is 11.4 Å². The summed E-state index contributed by atoms with van der Waals surface area (Å²) in [5, 5.41) is 9.12. The van der Waals surface area contributed by atoms with Crippen LogP contribution in [0, 0.1) is 6.92 Å². The number of carboxylic acid groups (broad SMARTS) is 1. The minimum Gasteiger partial charge on any atom is -0.487 e. The lowest BCUT2D eigenvalue weighted by Crippen LogP contribution is -2.46. The van der Waals surface area contributed by atoms with Crippen molar-refractivity contribution in [1.82, 2.24) is 0 Å². The van der Waals surface area contributed by atoms with Crippen molar-refractivity contribution < 1.29 is 14.6 Å². The van der Waals surface area contributed by atoms with Crippen LogP contribution in [-0.4, -0.2) is 29.8 Å². The van der Waals surface area contributed by atoms with E-state index >= 15 is 0 Å². The molecule has 4 heteroatoms. The Morgan fingerprint density at radius 2 is 2.29 bits per heavy atom. The highest BCUT2D eigenvalue weighted by Crippen LogP contribution is 2.35. The molecular weight excluding hydrogens is 218 g/mol. The lowest BCUT2D eigenvalue weighted by atomic mass is 10.1. The number of carboxylic acids is 1. The Morgan fingerprint density at radius 1 is 1.59 bits per heavy atom. The molecule has 1 heterocycles. The Labute approximate surface area is 101 Å². The summed E-state index contributed by atoms with van der Waals surface area (Å²) in [6, 6.07) is 5.31. The standard InChI is InChI=1S/C13H17NO3/c1-8-4-5-11-12(6-8)17-9(2)7-14(11)10(3)13(15)16/h4-6,9-10H,7H2,1-3H3,(H,15,16). The molecule has 0 bridgehead atoms. The van der Waals surface area contributed by atoms with Crippen LogP contribution >= 0.6 is 0 Å². The molecule has 0 aliphatic carbocycles. The molecule has 0 saturated heterocycles. The average Bonchev–Trinajstić information content (AvgIpc) is 2.26. The number of aryl methyl sites for hydroxylation is 1. The maximum absolute atomic E-state index is 11.1. The van der Waals surface area contributed by atoms with Crippen molar-refractivity contribution in [2.45, 2.75) is 32.9 Å². The highest BCUT2D eigenvalue weighted by molar-refractivity contribution is 5.79. The fourth-order valence-corrected chi connectivity index (χ4v) is 2.08. The van der Waals surface area contributed by atoms with Gasteiger partial charge in [-0.15, -0.1) is 0 Å². The maximum Gasteiger partial charge on any atom is 0.326 e. The zero-order valence-electron chi connectivity index (χ0n) is 10.3. The van der Waals surface area contributed by atoms with E-state index in [9.17, 15) is 4.79 Å². The van der Waals surface area contributed by atoms with Crippen LogP contribution in [0.4, 0.5) is 5.69 Å². The fourth-order valence-electron chi connectivity index (χ4n) is 2.08. The number of benzene rings is 1. The van der Waals surface area contributed by atoms with E-state index in [-0.39, 0.29) is 6.10 Å². The van der Waals surface area contributed by atoms with Crippen molar-refractivity contribution in [3.05, 3.63) is 23.8 Å². The van der Waals surface area contributed by atoms with E-state index in [0.717, 1.165) is 17.0 Å². The number of anilines is 1. The van der Waals surface area contributed by atoms with Gasteiger partial charge in [-0.1, -0.05) is 6.07 Å². The first-order valence-corrected chi connectivity index (χ1v) is 5.76. The van der Waals surface area contributed by atoms with E-state index < -0.39 is 12.0 Å². The number of hydrogen-bond acceptors (Lipinski definition) is 3. The van der Waals surface area contributed by atoms with Crippen LogP contribution in [0.5, 0.6) is 5.75 Å². The molecule has 0 aromatic heterocycles. The fraction of sp³-hybridized carbons (Fsp3) is 0.462. The summed E-state index contributed by atoms with van der Waals surface area (Å²) in [5.74, 6) is -0.0394. The van der Waals surface area contributed by atoms with Gasteiger partial charge in [0.2, 0.25) is 0 Å². The number of carbonyl (C=O) groups is 1. The monoisotopic (exact) mass is 235 g/mol. The van der Waals surface area contributed by atoms with Gasteiger partial charge in [0, 0.05) is 0 Å². The summed E-state index contributed by atoms with van der Waals surface area (Å²) in [7, 11) is 0. The van der Waals surface area contributed by atoms with Crippen LogP contribution in [0.2, 0.25) is 0 Å². The van der Waals surface area contributed by atoms with Crippen LogP contribution in [0.1, 0.15) is 19.4 Å². The first-order valence-electron chi connectivity index (χ1n) is 5.76. The van der Waals surface area contributed by atoms with Gasteiger partial charge in [0.25, 0.3) is 0 Å². The van der Waals surface area contributed by atoms with Gasteiger partial charge in [-0.2, -0.15) is 0 Å². The van der Waals surface area contributed by atoms with E-state index in [0.29, 0.717) is 6.54 Å². The average molecular weight is 235 g/mol. The number of nitrogens with zero attached hydrogens (tertiary/aromatic N) is 1. The largest absolute Gasteiger partial charge is 0.487 e. The SMILES string of the molecule is Cc1ccc2c(c1)OC(C)CN2C(C)C(=O)O.